The van der Waals surface area contributed by atoms with Crippen LogP contribution in [0.1, 0.15) is 0 Å². The van der Waals surface area contributed by atoms with Crippen molar-refractivity contribution in [3.8, 4) is 11.4 Å². The number of para-hydroxylation sites is 1. The van der Waals surface area contributed by atoms with Crippen LogP contribution in [0.4, 0.5) is 5.69 Å². The van der Waals surface area contributed by atoms with Gasteiger partial charge >= 0.3 is 0 Å². The number of nitrogens with two attached hydrogens (primary N) is 1. The lowest BCUT2D eigenvalue weighted by molar-refractivity contribution is 1.33. The molecule has 0 fully saturated rings. The van der Waals surface area contributed by atoms with Crippen molar-refractivity contribution in [3.63, 3.8) is 0 Å². The number of H-pyrrole nitrogens is 1. The van der Waals surface area contributed by atoms with E-state index in [4.69, 9.17) is 17.3 Å². The first-order valence-electron chi connectivity index (χ1n) is 5.35. The van der Waals surface area contributed by atoms with Crippen LogP contribution in [0.2, 0.25) is 5.02 Å². The third-order valence-corrected chi connectivity index (χ3v) is 4.31. The second kappa shape index (κ2) is 4.44. The quantitative estimate of drug-likeness (QED) is 0.502. The highest BCUT2D eigenvalue weighted by molar-refractivity contribution is 14.1. The van der Waals surface area contributed by atoms with Gasteiger partial charge in [-0.25, -0.2) is 4.98 Å². The van der Waals surface area contributed by atoms with Gasteiger partial charge in [0.2, 0.25) is 0 Å². The Labute approximate surface area is 123 Å². The fourth-order valence-corrected chi connectivity index (χ4v) is 2.35. The minimum atomic E-state index is 0.673. The molecule has 1 aromatic heterocycles. The fourth-order valence-electron chi connectivity index (χ4n) is 1.83. The zero-order valence-electron chi connectivity index (χ0n) is 9.24. The van der Waals surface area contributed by atoms with Gasteiger partial charge in [-0.15, -0.1) is 0 Å². The Morgan fingerprint density at radius 2 is 2.06 bits per heavy atom. The van der Waals surface area contributed by atoms with E-state index in [-0.39, 0.29) is 0 Å². The zero-order chi connectivity index (χ0) is 12.7. The van der Waals surface area contributed by atoms with E-state index in [2.05, 4.69) is 32.6 Å². The van der Waals surface area contributed by atoms with Gasteiger partial charge in [0.15, 0.2) is 0 Å². The van der Waals surface area contributed by atoms with Gasteiger partial charge in [0.1, 0.15) is 11.3 Å². The number of nitrogens with zero attached hydrogens (tertiary/aromatic N) is 1. The van der Waals surface area contributed by atoms with E-state index < -0.39 is 0 Å². The molecule has 0 aliphatic rings. The molecule has 0 saturated carbocycles. The van der Waals surface area contributed by atoms with Gasteiger partial charge in [-0.1, -0.05) is 23.7 Å². The van der Waals surface area contributed by atoms with E-state index in [0.717, 1.165) is 31.0 Å². The number of nitrogen functional groups attached to an aromatic ring is 1. The van der Waals surface area contributed by atoms with Crippen molar-refractivity contribution in [1.82, 2.24) is 9.97 Å². The number of rotatable bonds is 1. The number of nitrogens with one attached hydrogen (secondary N) is 1. The molecule has 5 heteroatoms. The maximum Gasteiger partial charge on any atom is 0.138 e. The Kier molecular flexibility index (Phi) is 2.91. The molecule has 0 atom stereocenters. The molecule has 3 aromatic rings. The van der Waals surface area contributed by atoms with Crippen LogP contribution in [0.15, 0.2) is 36.4 Å². The van der Waals surface area contributed by atoms with Gasteiger partial charge in [0, 0.05) is 9.13 Å². The topological polar surface area (TPSA) is 54.7 Å². The lowest BCUT2D eigenvalue weighted by Gasteiger charge is -1.99. The molecule has 0 radical (unpaired) electrons. The summed E-state index contributed by atoms with van der Waals surface area (Å²) >= 11 is 8.32. The number of aromatic amines is 1. The first-order valence-corrected chi connectivity index (χ1v) is 6.80. The number of hydrogen-bond acceptors (Lipinski definition) is 2. The number of hydrogen-bond donors (Lipinski definition) is 2. The minimum Gasteiger partial charge on any atom is -0.397 e. The summed E-state index contributed by atoms with van der Waals surface area (Å²) in [7, 11) is 0. The van der Waals surface area contributed by atoms with E-state index >= 15 is 0 Å². The molecule has 0 saturated heterocycles. The monoisotopic (exact) mass is 369 g/mol. The standard InChI is InChI=1S/C13H9ClIN3/c14-8-6-7(4-5-9(8)15)13-17-11-3-1-2-10(16)12(11)18-13/h1-6H,16H2,(H,17,18). The van der Waals surface area contributed by atoms with Crippen molar-refractivity contribution in [2.24, 2.45) is 0 Å². The molecule has 0 aliphatic carbocycles. The highest BCUT2D eigenvalue weighted by Gasteiger charge is 2.08. The third kappa shape index (κ3) is 1.95. The SMILES string of the molecule is Nc1cccc2[nH]c(-c3ccc(I)c(Cl)c3)nc12. The molecular weight excluding hydrogens is 361 g/mol. The first kappa shape index (κ1) is 11.8. The highest BCUT2D eigenvalue weighted by Crippen LogP contribution is 2.27. The van der Waals surface area contributed by atoms with Crippen LogP contribution in [0, 0.1) is 3.57 Å². The molecule has 3 nitrogen and oxygen atoms in total. The number of aromatic nitrogens is 2. The van der Waals surface area contributed by atoms with Crippen LogP contribution in [-0.4, -0.2) is 9.97 Å². The molecule has 0 bridgehead atoms. The van der Waals surface area contributed by atoms with Crippen LogP contribution in [0.3, 0.4) is 0 Å². The molecule has 0 amide bonds. The second-order valence-corrected chi connectivity index (χ2v) is 5.53. The summed E-state index contributed by atoms with van der Waals surface area (Å²) in [5.41, 5.74) is 9.24. The summed E-state index contributed by atoms with van der Waals surface area (Å²) in [6.45, 7) is 0. The largest absolute Gasteiger partial charge is 0.397 e. The summed E-state index contributed by atoms with van der Waals surface area (Å²) in [6.07, 6.45) is 0. The maximum absolute atomic E-state index is 6.12. The van der Waals surface area contributed by atoms with Crippen molar-refractivity contribution >= 4 is 50.9 Å². The van der Waals surface area contributed by atoms with Crippen molar-refractivity contribution in [1.29, 1.82) is 0 Å². The van der Waals surface area contributed by atoms with Gasteiger partial charge in [-0.05, 0) is 46.9 Å². The van der Waals surface area contributed by atoms with Crippen LogP contribution < -0.4 is 5.73 Å². The maximum atomic E-state index is 6.12. The van der Waals surface area contributed by atoms with Crippen molar-refractivity contribution in [3.05, 3.63) is 45.0 Å². The summed E-state index contributed by atoms with van der Waals surface area (Å²) in [4.78, 5) is 7.76. The lowest BCUT2D eigenvalue weighted by Crippen LogP contribution is -1.85. The molecule has 3 rings (SSSR count). The van der Waals surface area contributed by atoms with E-state index in [1.807, 2.05) is 36.4 Å². The molecule has 0 unspecified atom stereocenters. The predicted octanol–water partition coefficient (Wildman–Crippen LogP) is 4.07. The number of fused-ring (bicyclic) bond motifs is 1. The van der Waals surface area contributed by atoms with Gasteiger partial charge in [0.05, 0.1) is 16.2 Å². The Morgan fingerprint density at radius 1 is 1.22 bits per heavy atom. The van der Waals surface area contributed by atoms with E-state index in [9.17, 15) is 0 Å². The van der Waals surface area contributed by atoms with Crippen LogP contribution >= 0.6 is 34.2 Å². The average Bonchev–Trinajstić information content (AvgIpc) is 2.78. The predicted molar refractivity (Wildman–Crippen MR) is 83.7 cm³/mol. The third-order valence-electron chi connectivity index (χ3n) is 2.74. The Bertz CT molecular complexity index is 736. The van der Waals surface area contributed by atoms with E-state index in [1.165, 1.54) is 0 Å². The molecule has 90 valence electrons. The van der Waals surface area contributed by atoms with Gasteiger partial charge in [0.25, 0.3) is 0 Å². The van der Waals surface area contributed by atoms with Crippen LogP contribution in [-0.2, 0) is 0 Å². The molecule has 1 heterocycles. The van der Waals surface area contributed by atoms with Crippen LogP contribution in [0.25, 0.3) is 22.4 Å². The summed E-state index contributed by atoms with van der Waals surface area (Å²) in [5, 5.41) is 0.724. The van der Waals surface area contributed by atoms with Crippen molar-refractivity contribution in [2.75, 3.05) is 5.73 Å². The number of benzene rings is 2. The summed E-state index contributed by atoms with van der Waals surface area (Å²) < 4.78 is 1.02. The number of anilines is 1. The first-order chi connectivity index (χ1) is 8.65. The molecule has 18 heavy (non-hydrogen) atoms. The van der Waals surface area contributed by atoms with E-state index in [0.29, 0.717) is 5.69 Å². The Morgan fingerprint density at radius 3 is 2.78 bits per heavy atom. The average molecular weight is 370 g/mol. The molecule has 0 spiro atoms. The Balaban J connectivity index is 2.19. The summed E-state index contributed by atoms with van der Waals surface area (Å²) in [5.74, 6) is 0.779. The van der Waals surface area contributed by atoms with Gasteiger partial charge < -0.3 is 10.7 Å². The number of imidazole rings is 1. The zero-order valence-corrected chi connectivity index (χ0v) is 12.2. The van der Waals surface area contributed by atoms with Crippen LogP contribution in [0.5, 0.6) is 0 Å². The lowest BCUT2D eigenvalue weighted by atomic mass is 10.2. The fraction of sp³-hybridized carbons (Fsp3) is 0. The Hall–Kier alpha value is -1.27. The smallest absolute Gasteiger partial charge is 0.138 e. The van der Waals surface area contributed by atoms with Crippen molar-refractivity contribution < 1.29 is 0 Å². The molecular formula is C13H9ClIN3. The molecule has 0 aliphatic heterocycles. The normalized spacial score (nSPS) is 11.0. The van der Waals surface area contributed by atoms with Gasteiger partial charge in [-0.2, -0.15) is 0 Å². The van der Waals surface area contributed by atoms with Crippen molar-refractivity contribution in [2.45, 2.75) is 0 Å². The summed E-state index contributed by atoms with van der Waals surface area (Å²) in [6, 6.07) is 11.6. The van der Waals surface area contributed by atoms with E-state index in [1.54, 1.807) is 0 Å². The molecule has 2 aromatic carbocycles. The molecule has 3 N–H and O–H groups in total. The van der Waals surface area contributed by atoms with Gasteiger partial charge in [-0.3, -0.25) is 0 Å². The highest BCUT2D eigenvalue weighted by atomic mass is 127. The minimum absolute atomic E-state index is 0.673. The second-order valence-electron chi connectivity index (χ2n) is 3.96. The number of halogens is 2.